The highest BCUT2D eigenvalue weighted by Crippen LogP contribution is 2.53. The van der Waals surface area contributed by atoms with Gasteiger partial charge in [-0.05, 0) is 75.4 Å². The number of hydrogen-bond donors (Lipinski definition) is 3. The molecule has 0 fully saturated rings. The van der Waals surface area contributed by atoms with Gasteiger partial charge in [0.05, 0.1) is 17.7 Å². The fourth-order valence-electron chi connectivity index (χ4n) is 5.40. The van der Waals surface area contributed by atoms with Crippen LogP contribution >= 0.6 is 0 Å². The van der Waals surface area contributed by atoms with Crippen LogP contribution in [0.5, 0.6) is 11.5 Å². The lowest BCUT2D eigenvalue weighted by atomic mass is 9.78. The highest BCUT2D eigenvalue weighted by Gasteiger charge is 2.52. The van der Waals surface area contributed by atoms with Crippen molar-refractivity contribution in [2.75, 3.05) is 29.9 Å². The van der Waals surface area contributed by atoms with Gasteiger partial charge in [-0.2, -0.15) is 0 Å². The van der Waals surface area contributed by atoms with Crippen molar-refractivity contribution in [1.82, 2.24) is 0 Å². The molecule has 1 aliphatic rings. The van der Waals surface area contributed by atoms with Crippen molar-refractivity contribution in [3.8, 4) is 11.5 Å². The SMILES string of the molecule is CCOc1ccc(Nc2ccccc2)cc1[C@]1(c2ccc(N(CC)CC)cc2O)OC(=O)c2cc(C(=O)O)ccc21. The first-order valence-electron chi connectivity index (χ1n) is 13.6. The lowest BCUT2D eigenvalue weighted by molar-refractivity contribution is 0.0238. The van der Waals surface area contributed by atoms with Gasteiger partial charge in [0, 0.05) is 52.9 Å². The number of anilines is 3. The van der Waals surface area contributed by atoms with Gasteiger partial charge in [-0.1, -0.05) is 24.3 Å². The number of ether oxygens (including phenoxy) is 2. The van der Waals surface area contributed by atoms with Gasteiger partial charge in [-0.15, -0.1) is 0 Å². The number of benzene rings is 4. The standard InChI is InChI=1S/C33H32N2O6/c1-4-35(5-2)24-14-16-27(29(36)20-24)33(26-15-12-21(31(37)38)18-25(26)32(39)41-33)28-19-23(13-17-30(28)40-6-3)34-22-10-8-7-9-11-22/h7-20,34,36H,4-6H2,1-3H3,(H,37,38)/t33-/m0/s1. The van der Waals surface area contributed by atoms with Gasteiger partial charge in [-0.25, -0.2) is 9.59 Å². The molecule has 0 spiro atoms. The summed E-state index contributed by atoms with van der Waals surface area (Å²) < 4.78 is 12.3. The summed E-state index contributed by atoms with van der Waals surface area (Å²) in [5, 5.41) is 24.5. The number of aromatic carboxylic acids is 1. The van der Waals surface area contributed by atoms with Gasteiger partial charge in [0.15, 0.2) is 5.60 Å². The molecule has 0 aromatic heterocycles. The van der Waals surface area contributed by atoms with E-state index in [9.17, 15) is 19.8 Å². The fraction of sp³-hybridized carbons (Fsp3) is 0.212. The summed E-state index contributed by atoms with van der Waals surface area (Å²) in [6.45, 7) is 7.77. The van der Waals surface area contributed by atoms with E-state index in [4.69, 9.17) is 9.47 Å². The smallest absolute Gasteiger partial charge is 0.340 e. The van der Waals surface area contributed by atoms with Gasteiger partial charge in [0.1, 0.15) is 11.5 Å². The third-order valence-corrected chi connectivity index (χ3v) is 7.32. The Morgan fingerprint density at radius 3 is 2.27 bits per heavy atom. The Labute approximate surface area is 238 Å². The molecule has 8 nitrogen and oxygen atoms in total. The number of nitrogens with zero attached hydrogens (tertiary/aromatic N) is 1. The molecule has 8 heteroatoms. The number of phenols is 1. The number of para-hydroxylation sites is 1. The van der Waals surface area contributed by atoms with E-state index in [1.165, 1.54) is 12.1 Å². The maximum absolute atomic E-state index is 13.5. The monoisotopic (exact) mass is 552 g/mol. The first kappa shape index (κ1) is 27.6. The van der Waals surface area contributed by atoms with E-state index in [-0.39, 0.29) is 16.9 Å². The van der Waals surface area contributed by atoms with E-state index in [0.717, 1.165) is 24.5 Å². The number of cyclic esters (lactones) is 1. The zero-order valence-corrected chi connectivity index (χ0v) is 23.2. The summed E-state index contributed by atoms with van der Waals surface area (Å²) >= 11 is 0. The first-order valence-corrected chi connectivity index (χ1v) is 13.6. The third-order valence-electron chi connectivity index (χ3n) is 7.32. The first-order chi connectivity index (χ1) is 19.8. The molecule has 0 saturated carbocycles. The molecule has 3 N–H and O–H groups in total. The molecule has 5 rings (SSSR count). The minimum atomic E-state index is -1.62. The van der Waals surface area contributed by atoms with Crippen LogP contribution in [0.25, 0.3) is 0 Å². The molecular formula is C33H32N2O6. The number of hydrogen-bond acceptors (Lipinski definition) is 7. The van der Waals surface area contributed by atoms with Crippen LogP contribution in [0.2, 0.25) is 0 Å². The van der Waals surface area contributed by atoms with Crippen molar-refractivity contribution in [3.63, 3.8) is 0 Å². The van der Waals surface area contributed by atoms with Crippen LogP contribution in [0.3, 0.4) is 0 Å². The summed E-state index contributed by atoms with van der Waals surface area (Å²) in [5.74, 6) is -1.46. The third kappa shape index (κ3) is 4.93. The van der Waals surface area contributed by atoms with Gasteiger partial charge >= 0.3 is 11.9 Å². The van der Waals surface area contributed by atoms with Crippen molar-refractivity contribution >= 4 is 29.0 Å². The Balaban J connectivity index is 1.79. The average Bonchev–Trinajstić information content (AvgIpc) is 3.27. The zero-order chi connectivity index (χ0) is 29.1. The second-order valence-corrected chi connectivity index (χ2v) is 9.64. The lowest BCUT2D eigenvalue weighted by Gasteiger charge is -2.33. The van der Waals surface area contributed by atoms with Crippen molar-refractivity contribution in [3.05, 3.63) is 113 Å². The highest BCUT2D eigenvalue weighted by molar-refractivity contribution is 6.00. The molecule has 41 heavy (non-hydrogen) atoms. The lowest BCUT2D eigenvalue weighted by Crippen LogP contribution is -2.31. The number of rotatable bonds is 10. The van der Waals surface area contributed by atoms with Gasteiger partial charge in [-0.3, -0.25) is 0 Å². The number of carbonyl (C=O) groups excluding carboxylic acids is 1. The number of carbonyl (C=O) groups is 2. The molecule has 0 amide bonds. The summed E-state index contributed by atoms with van der Waals surface area (Å²) in [5.41, 5.74) is 2.08. The summed E-state index contributed by atoms with van der Waals surface area (Å²) in [4.78, 5) is 27.3. The quantitative estimate of drug-likeness (QED) is 0.190. The summed E-state index contributed by atoms with van der Waals surface area (Å²) in [7, 11) is 0. The maximum Gasteiger partial charge on any atom is 0.340 e. The second kappa shape index (κ2) is 11.3. The largest absolute Gasteiger partial charge is 0.507 e. The molecule has 4 aromatic carbocycles. The second-order valence-electron chi connectivity index (χ2n) is 9.64. The highest BCUT2D eigenvalue weighted by atomic mass is 16.6. The molecule has 1 aliphatic heterocycles. The van der Waals surface area contributed by atoms with Gasteiger partial charge < -0.3 is 29.9 Å². The Morgan fingerprint density at radius 2 is 1.61 bits per heavy atom. The van der Waals surface area contributed by atoms with Crippen molar-refractivity contribution in [1.29, 1.82) is 0 Å². The molecule has 0 radical (unpaired) electrons. The fourth-order valence-corrected chi connectivity index (χ4v) is 5.40. The molecule has 0 aliphatic carbocycles. The minimum absolute atomic E-state index is 0.0397. The molecule has 1 heterocycles. The number of esters is 1. The van der Waals surface area contributed by atoms with E-state index in [1.54, 1.807) is 24.3 Å². The number of carboxylic acid groups (broad SMARTS) is 1. The Morgan fingerprint density at radius 1 is 0.878 bits per heavy atom. The molecule has 0 bridgehead atoms. The van der Waals surface area contributed by atoms with Crippen LogP contribution in [0, 0.1) is 0 Å². The normalized spacial score (nSPS) is 15.6. The molecule has 0 saturated heterocycles. The molecular weight excluding hydrogens is 520 g/mol. The Hall–Kier alpha value is -4.98. The molecule has 210 valence electrons. The Kier molecular flexibility index (Phi) is 7.57. The summed E-state index contributed by atoms with van der Waals surface area (Å²) in [6, 6.07) is 24.8. The van der Waals surface area contributed by atoms with Crippen LogP contribution < -0.4 is 15.0 Å². The summed E-state index contributed by atoms with van der Waals surface area (Å²) in [6.07, 6.45) is 0. The number of phenolic OH excluding ortho intramolecular Hbond substituents is 1. The van der Waals surface area contributed by atoms with Gasteiger partial charge in [0.25, 0.3) is 0 Å². The predicted octanol–water partition coefficient (Wildman–Crippen LogP) is 6.54. The van der Waals surface area contributed by atoms with E-state index in [2.05, 4.69) is 10.2 Å². The van der Waals surface area contributed by atoms with E-state index >= 15 is 0 Å². The Bertz CT molecular complexity index is 1600. The molecule has 0 unspecified atom stereocenters. The number of nitrogens with one attached hydrogen (secondary N) is 1. The number of fused-ring (bicyclic) bond motifs is 1. The molecule has 1 atom stereocenters. The number of carboxylic acids is 1. The van der Waals surface area contributed by atoms with Crippen LogP contribution in [-0.2, 0) is 10.3 Å². The zero-order valence-electron chi connectivity index (χ0n) is 23.2. The number of aromatic hydroxyl groups is 1. The maximum atomic E-state index is 13.5. The molecule has 4 aromatic rings. The van der Waals surface area contributed by atoms with E-state index in [0.29, 0.717) is 34.7 Å². The van der Waals surface area contributed by atoms with Gasteiger partial charge in [0.2, 0.25) is 0 Å². The minimum Gasteiger partial charge on any atom is -0.507 e. The van der Waals surface area contributed by atoms with Crippen LogP contribution in [0.15, 0.2) is 84.9 Å². The van der Waals surface area contributed by atoms with Crippen molar-refractivity contribution in [2.24, 2.45) is 0 Å². The van der Waals surface area contributed by atoms with Crippen LogP contribution in [-0.4, -0.2) is 41.8 Å². The average molecular weight is 553 g/mol. The van der Waals surface area contributed by atoms with Crippen LogP contribution in [0.1, 0.15) is 58.2 Å². The topological polar surface area (TPSA) is 108 Å². The predicted molar refractivity (Wildman–Crippen MR) is 158 cm³/mol. The van der Waals surface area contributed by atoms with E-state index < -0.39 is 17.5 Å². The van der Waals surface area contributed by atoms with Crippen LogP contribution in [0.4, 0.5) is 17.1 Å². The van der Waals surface area contributed by atoms with E-state index in [1.807, 2.05) is 69.3 Å². The van der Waals surface area contributed by atoms with Crippen molar-refractivity contribution < 1.29 is 29.3 Å². The van der Waals surface area contributed by atoms with Crippen molar-refractivity contribution in [2.45, 2.75) is 26.4 Å².